The predicted octanol–water partition coefficient (Wildman–Crippen LogP) is 4.50. The molecule has 0 unspecified atom stereocenters. The van der Waals surface area contributed by atoms with Crippen LogP contribution in [0.2, 0.25) is 0 Å². The van der Waals surface area contributed by atoms with Crippen molar-refractivity contribution in [1.82, 2.24) is 14.8 Å². The first-order chi connectivity index (χ1) is 16.3. The molecule has 35 heavy (non-hydrogen) atoms. The molecule has 0 saturated carbocycles. The molecule has 4 rings (SSSR count). The molecule has 3 heterocycles. The fraction of sp³-hybridized carbons (Fsp3) is 0.370. The highest BCUT2D eigenvalue weighted by Gasteiger charge is 2.42. The standard InChI is InChI=1S/C27H30FN3O4/c1-16(2)19-13-20(17-7-9-18(28)10-8-17)29-21-14-22(35-23(19)21)24(32)31-12-11-30(15-26(31,3)4)25(33)27(5,6)34/h7-10,13-14,34H,1,11-12,15H2,2-6H3. The summed E-state index contributed by atoms with van der Waals surface area (Å²) in [5.74, 6) is -0.871. The second-order valence-electron chi connectivity index (χ2n) is 10.2. The third kappa shape index (κ3) is 4.71. The monoisotopic (exact) mass is 479 g/mol. The molecule has 184 valence electrons. The number of halogens is 1. The van der Waals surface area contributed by atoms with Crippen molar-refractivity contribution in [3.63, 3.8) is 0 Å². The Labute approximate surface area is 203 Å². The van der Waals surface area contributed by atoms with Gasteiger partial charge in [0.1, 0.15) is 16.9 Å². The van der Waals surface area contributed by atoms with Crippen molar-refractivity contribution < 1.29 is 23.5 Å². The van der Waals surface area contributed by atoms with E-state index in [-0.39, 0.29) is 29.9 Å². The Hall–Kier alpha value is -3.52. The van der Waals surface area contributed by atoms with E-state index in [0.29, 0.717) is 35.4 Å². The minimum Gasteiger partial charge on any atom is -0.449 e. The molecule has 0 atom stereocenters. The Morgan fingerprint density at radius 3 is 2.40 bits per heavy atom. The van der Waals surface area contributed by atoms with Crippen LogP contribution in [0.1, 0.15) is 50.7 Å². The maximum atomic E-state index is 13.5. The molecule has 1 fully saturated rings. The van der Waals surface area contributed by atoms with Gasteiger partial charge in [-0.05, 0) is 70.5 Å². The number of hydrogen-bond donors (Lipinski definition) is 1. The third-order valence-corrected chi connectivity index (χ3v) is 6.25. The zero-order valence-electron chi connectivity index (χ0n) is 20.7. The molecule has 0 aliphatic carbocycles. The number of furan rings is 1. The van der Waals surface area contributed by atoms with Crippen LogP contribution in [0.3, 0.4) is 0 Å². The maximum Gasteiger partial charge on any atom is 0.290 e. The molecule has 1 aliphatic rings. The molecule has 0 radical (unpaired) electrons. The first-order valence-electron chi connectivity index (χ1n) is 11.5. The van der Waals surface area contributed by atoms with Gasteiger partial charge in [0.05, 0.1) is 11.2 Å². The number of nitrogens with zero attached hydrogens (tertiary/aromatic N) is 3. The van der Waals surface area contributed by atoms with Crippen molar-refractivity contribution in [1.29, 1.82) is 0 Å². The normalized spacial score (nSPS) is 16.0. The average Bonchev–Trinajstić information content (AvgIpc) is 3.20. The summed E-state index contributed by atoms with van der Waals surface area (Å²) in [7, 11) is 0. The number of benzene rings is 1. The molecular weight excluding hydrogens is 449 g/mol. The molecule has 1 saturated heterocycles. The van der Waals surface area contributed by atoms with Crippen molar-refractivity contribution in [2.45, 2.75) is 45.8 Å². The zero-order valence-corrected chi connectivity index (χ0v) is 20.7. The average molecular weight is 480 g/mol. The minimum absolute atomic E-state index is 0.140. The van der Waals surface area contributed by atoms with Crippen LogP contribution in [0.15, 0.2) is 47.4 Å². The highest BCUT2D eigenvalue weighted by atomic mass is 19.1. The third-order valence-electron chi connectivity index (χ3n) is 6.25. The lowest BCUT2D eigenvalue weighted by Gasteiger charge is -2.47. The van der Waals surface area contributed by atoms with E-state index in [0.717, 1.165) is 11.1 Å². The Morgan fingerprint density at radius 1 is 1.17 bits per heavy atom. The van der Waals surface area contributed by atoms with Gasteiger partial charge in [0.2, 0.25) is 0 Å². The van der Waals surface area contributed by atoms with Crippen molar-refractivity contribution in [3.8, 4) is 11.3 Å². The lowest BCUT2D eigenvalue weighted by atomic mass is 9.96. The minimum atomic E-state index is -1.48. The van der Waals surface area contributed by atoms with Crippen LogP contribution in [-0.4, -0.2) is 62.5 Å². The number of carbonyl (C=O) groups is 2. The Bertz CT molecular complexity index is 1320. The van der Waals surface area contributed by atoms with Crippen LogP contribution in [-0.2, 0) is 4.79 Å². The number of piperazine rings is 1. The molecular formula is C27H30FN3O4. The Kier molecular flexibility index (Phi) is 6.05. The molecule has 7 nitrogen and oxygen atoms in total. The van der Waals surface area contributed by atoms with E-state index in [1.54, 1.807) is 28.0 Å². The van der Waals surface area contributed by atoms with Gasteiger partial charge in [-0.3, -0.25) is 9.59 Å². The fourth-order valence-electron chi connectivity index (χ4n) is 4.44. The highest BCUT2D eigenvalue weighted by Crippen LogP contribution is 2.32. The van der Waals surface area contributed by atoms with Gasteiger partial charge in [-0.2, -0.15) is 0 Å². The summed E-state index contributed by atoms with van der Waals surface area (Å²) in [4.78, 5) is 34.0. The zero-order chi connectivity index (χ0) is 25.7. The summed E-state index contributed by atoms with van der Waals surface area (Å²) in [5, 5.41) is 10.1. The smallest absolute Gasteiger partial charge is 0.290 e. The van der Waals surface area contributed by atoms with Gasteiger partial charge in [0, 0.05) is 36.8 Å². The second kappa shape index (κ2) is 8.61. The van der Waals surface area contributed by atoms with E-state index in [2.05, 4.69) is 11.6 Å². The predicted molar refractivity (Wildman–Crippen MR) is 132 cm³/mol. The number of pyridine rings is 1. The van der Waals surface area contributed by atoms with Crippen LogP contribution in [0.4, 0.5) is 4.39 Å². The van der Waals surface area contributed by atoms with E-state index in [1.807, 2.05) is 26.8 Å². The van der Waals surface area contributed by atoms with Crippen LogP contribution in [0, 0.1) is 5.82 Å². The summed E-state index contributed by atoms with van der Waals surface area (Å²) in [5.41, 5.74) is 1.61. The van der Waals surface area contributed by atoms with Gasteiger partial charge >= 0.3 is 0 Å². The molecule has 2 amide bonds. The summed E-state index contributed by atoms with van der Waals surface area (Å²) < 4.78 is 19.4. The van der Waals surface area contributed by atoms with Gasteiger partial charge in [-0.25, -0.2) is 9.37 Å². The second-order valence-corrected chi connectivity index (χ2v) is 10.2. The highest BCUT2D eigenvalue weighted by molar-refractivity contribution is 5.98. The van der Waals surface area contributed by atoms with Gasteiger partial charge in [0.15, 0.2) is 11.3 Å². The van der Waals surface area contributed by atoms with Crippen LogP contribution in [0.5, 0.6) is 0 Å². The van der Waals surface area contributed by atoms with Crippen molar-refractivity contribution in [2.75, 3.05) is 19.6 Å². The van der Waals surface area contributed by atoms with E-state index in [1.165, 1.54) is 26.0 Å². The summed E-state index contributed by atoms with van der Waals surface area (Å²) in [6.07, 6.45) is 0. The van der Waals surface area contributed by atoms with Gasteiger partial charge < -0.3 is 19.3 Å². The topological polar surface area (TPSA) is 86.9 Å². The van der Waals surface area contributed by atoms with Crippen molar-refractivity contribution >= 4 is 28.5 Å². The lowest BCUT2D eigenvalue weighted by Crippen LogP contribution is -2.64. The van der Waals surface area contributed by atoms with Gasteiger partial charge in [0.25, 0.3) is 11.8 Å². The van der Waals surface area contributed by atoms with Crippen LogP contribution in [0.25, 0.3) is 27.9 Å². The maximum absolute atomic E-state index is 13.5. The number of aliphatic hydroxyl groups is 1. The van der Waals surface area contributed by atoms with Gasteiger partial charge in [-0.1, -0.05) is 6.58 Å². The fourth-order valence-corrected chi connectivity index (χ4v) is 4.44. The van der Waals surface area contributed by atoms with Crippen LogP contribution >= 0.6 is 0 Å². The SMILES string of the molecule is C=C(C)c1cc(-c2ccc(F)cc2)nc2cc(C(=O)N3CCN(C(=O)C(C)(C)O)CC3(C)C)oc12. The number of carbonyl (C=O) groups excluding carboxylic acids is 2. The lowest BCUT2D eigenvalue weighted by molar-refractivity contribution is -0.152. The summed E-state index contributed by atoms with van der Waals surface area (Å²) in [6, 6.07) is 9.47. The number of aromatic nitrogens is 1. The van der Waals surface area contributed by atoms with Crippen LogP contribution < -0.4 is 0 Å². The quantitative estimate of drug-likeness (QED) is 0.595. The Balaban J connectivity index is 1.68. The molecule has 1 N–H and O–H groups in total. The van der Waals surface area contributed by atoms with E-state index in [9.17, 15) is 19.1 Å². The van der Waals surface area contributed by atoms with Crippen molar-refractivity contribution in [2.24, 2.45) is 0 Å². The van der Waals surface area contributed by atoms with Gasteiger partial charge in [-0.15, -0.1) is 0 Å². The molecule has 2 aromatic heterocycles. The summed E-state index contributed by atoms with van der Waals surface area (Å²) in [6.45, 7) is 13.4. The molecule has 8 heteroatoms. The first kappa shape index (κ1) is 24.6. The number of rotatable bonds is 4. The molecule has 0 bridgehead atoms. The number of fused-ring (bicyclic) bond motifs is 1. The van der Waals surface area contributed by atoms with E-state index in [4.69, 9.17) is 4.42 Å². The summed E-state index contributed by atoms with van der Waals surface area (Å²) >= 11 is 0. The largest absolute Gasteiger partial charge is 0.449 e. The molecule has 1 aliphatic heterocycles. The van der Waals surface area contributed by atoms with E-state index < -0.39 is 11.1 Å². The number of amides is 2. The molecule has 0 spiro atoms. The molecule has 1 aromatic carbocycles. The van der Waals surface area contributed by atoms with E-state index >= 15 is 0 Å². The Morgan fingerprint density at radius 2 is 1.83 bits per heavy atom. The van der Waals surface area contributed by atoms with Crippen molar-refractivity contribution in [3.05, 3.63) is 60.1 Å². The first-order valence-corrected chi connectivity index (χ1v) is 11.5. The number of hydrogen-bond acceptors (Lipinski definition) is 5. The number of allylic oxidation sites excluding steroid dienone is 1. The molecule has 3 aromatic rings.